The Bertz CT molecular complexity index is 604. The first kappa shape index (κ1) is 15.8. The van der Waals surface area contributed by atoms with Crippen LogP contribution < -0.4 is 10.2 Å². The topological polar surface area (TPSA) is 41.1 Å². The van der Waals surface area contributed by atoms with E-state index in [0.29, 0.717) is 0 Å². The molecule has 0 aliphatic carbocycles. The van der Waals surface area contributed by atoms with E-state index in [0.717, 1.165) is 43.5 Å². The van der Waals surface area contributed by atoms with Crippen LogP contribution in [0.4, 0.5) is 11.8 Å². The molecule has 23 heavy (non-hydrogen) atoms. The molecule has 122 valence electrons. The summed E-state index contributed by atoms with van der Waals surface area (Å²) in [7, 11) is 0. The smallest absolute Gasteiger partial charge is 0.224 e. The third kappa shape index (κ3) is 4.68. The van der Waals surface area contributed by atoms with Gasteiger partial charge in [-0.1, -0.05) is 43.2 Å². The standard InChI is InChI=1S/C19H26N4/c1-16-15-18(23-13-7-2-3-8-14-23)22-19(21-16)20-12-11-17-9-5-4-6-10-17/h4-6,9-10,15H,2-3,7-8,11-14H2,1H3,(H,20,21,22). The van der Waals surface area contributed by atoms with Gasteiger partial charge in [-0.25, -0.2) is 4.98 Å². The van der Waals surface area contributed by atoms with Gasteiger partial charge in [-0.3, -0.25) is 0 Å². The van der Waals surface area contributed by atoms with Gasteiger partial charge in [-0.05, 0) is 31.7 Å². The van der Waals surface area contributed by atoms with Gasteiger partial charge in [0, 0.05) is 31.4 Å². The number of rotatable bonds is 5. The van der Waals surface area contributed by atoms with E-state index in [2.05, 4.69) is 45.5 Å². The van der Waals surface area contributed by atoms with Crippen LogP contribution in [0, 0.1) is 6.92 Å². The number of aromatic nitrogens is 2. The maximum Gasteiger partial charge on any atom is 0.224 e. The average molecular weight is 310 g/mol. The normalized spacial score (nSPS) is 15.3. The first-order valence-corrected chi connectivity index (χ1v) is 8.70. The van der Waals surface area contributed by atoms with E-state index < -0.39 is 0 Å². The quantitative estimate of drug-likeness (QED) is 0.911. The van der Waals surface area contributed by atoms with Crippen molar-refractivity contribution in [2.45, 2.75) is 39.0 Å². The van der Waals surface area contributed by atoms with E-state index in [4.69, 9.17) is 4.98 Å². The first-order valence-electron chi connectivity index (χ1n) is 8.70. The molecule has 4 heteroatoms. The molecule has 0 spiro atoms. The lowest BCUT2D eigenvalue weighted by atomic mass is 10.1. The average Bonchev–Trinajstić information content (AvgIpc) is 2.85. The summed E-state index contributed by atoms with van der Waals surface area (Å²) in [6.07, 6.45) is 6.18. The molecule has 1 N–H and O–H groups in total. The van der Waals surface area contributed by atoms with E-state index in [1.54, 1.807) is 0 Å². The minimum atomic E-state index is 0.750. The van der Waals surface area contributed by atoms with Gasteiger partial charge < -0.3 is 10.2 Å². The summed E-state index contributed by atoms with van der Waals surface area (Å²) in [6, 6.07) is 12.6. The highest BCUT2D eigenvalue weighted by Crippen LogP contribution is 2.19. The molecule has 0 radical (unpaired) electrons. The van der Waals surface area contributed by atoms with E-state index in [1.807, 2.05) is 13.0 Å². The number of nitrogens with zero attached hydrogens (tertiary/aromatic N) is 3. The van der Waals surface area contributed by atoms with Crippen LogP contribution in [0.2, 0.25) is 0 Å². The molecule has 1 aliphatic rings. The van der Waals surface area contributed by atoms with Crippen LogP contribution in [0.3, 0.4) is 0 Å². The monoisotopic (exact) mass is 310 g/mol. The number of aryl methyl sites for hydroxylation is 1. The number of nitrogens with one attached hydrogen (secondary N) is 1. The summed E-state index contributed by atoms with van der Waals surface area (Å²) in [6.45, 7) is 5.12. The SMILES string of the molecule is Cc1cc(N2CCCCCC2)nc(NCCc2ccccc2)n1. The Labute approximate surface area is 139 Å². The fourth-order valence-corrected chi connectivity index (χ4v) is 3.06. The zero-order valence-electron chi connectivity index (χ0n) is 14.0. The molecule has 0 atom stereocenters. The summed E-state index contributed by atoms with van der Waals surface area (Å²) < 4.78 is 0. The van der Waals surface area contributed by atoms with Crippen molar-refractivity contribution in [2.75, 3.05) is 29.9 Å². The van der Waals surface area contributed by atoms with Crippen molar-refractivity contribution in [3.8, 4) is 0 Å². The Morgan fingerprint density at radius 2 is 1.74 bits per heavy atom. The van der Waals surface area contributed by atoms with Gasteiger partial charge in [0.25, 0.3) is 0 Å². The zero-order valence-corrected chi connectivity index (χ0v) is 14.0. The Hall–Kier alpha value is -2.10. The van der Waals surface area contributed by atoms with Crippen LogP contribution in [0.15, 0.2) is 36.4 Å². The van der Waals surface area contributed by atoms with Crippen molar-refractivity contribution in [2.24, 2.45) is 0 Å². The summed E-state index contributed by atoms with van der Waals surface area (Å²) in [5, 5.41) is 3.38. The van der Waals surface area contributed by atoms with Gasteiger partial charge in [-0.15, -0.1) is 0 Å². The molecular weight excluding hydrogens is 284 g/mol. The molecule has 1 aliphatic heterocycles. The van der Waals surface area contributed by atoms with E-state index in [1.165, 1.54) is 31.2 Å². The van der Waals surface area contributed by atoms with Gasteiger partial charge in [0.2, 0.25) is 5.95 Å². The van der Waals surface area contributed by atoms with Gasteiger partial charge in [0.1, 0.15) is 5.82 Å². The predicted octanol–water partition coefficient (Wildman–Crippen LogP) is 3.82. The van der Waals surface area contributed by atoms with Crippen LogP contribution in [-0.2, 0) is 6.42 Å². The largest absolute Gasteiger partial charge is 0.356 e. The van der Waals surface area contributed by atoms with Crippen molar-refractivity contribution in [1.82, 2.24) is 9.97 Å². The Kier molecular flexibility index (Phi) is 5.46. The number of anilines is 2. The molecule has 0 unspecified atom stereocenters. The molecule has 2 heterocycles. The van der Waals surface area contributed by atoms with Crippen LogP contribution >= 0.6 is 0 Å². The van der Waals surface area contributed by atoms with Crippen molar-refractivity contribution in [3.63, 3.8) is 0 Å². The van der Waals surface area contributed by atoms with E-state index >= 15 is 0 Å². The third-order valence-electron chi connectivity index (χ3n) is 4.31. The molecule has 0 bridgehead atoms. The molecule has 2 aromatic rings. The number of benzene rings is 1. The molecule has 3 rings (SSSR count). The Morgan fingerprint density at radius 3 is 2.48 bits per heavy atom. The molecule has 4 nitrogen and oxygen atoms in total. The highest BCUT2D eigenvalue weighted by molar-refractivity contribution is 5.45. The number of hydrogen-bond donors (Lipinski definition) is 1. The minimum absolute atomic E-state index is 0.750. The molecule has 1 saturated heterocycles. The van der Waals surface area contributed by atoms with Crippen LogP contribution in [0.25, 0.3) is 0 Å². The molecule has 1 fully saturated rings. The first-order chi connectivity index (χ1) is 11.3. The minimum Gasteiger partial charge on any atom is -0.356 e. The molecule has 0 saturated carbocycles. The van der Waals surface area contributed by atoms with Crippen molar-refractivity contribution in [3.05, 3.63) is 47.7 Å². The van der Waals surface area contributed by atoms with Gasteiger partial charge >= 0.3 is 0 Å². The van der Waals surface area contributed by atoms with E-state index in [-0.39, 0.29) is 0 Å². The summed E-state index contributed by atoms with van der Waals surface area (Å²) in [4.78, 5) is 11.7. The molecule has 1 aromatic heterocycles. The highest BCUT2D eigenvalue weighted by Gasteiger charge is 2.12. The third-order valence-corrected chi connectivity index (χ3v) is 4.31. The lowest BCUT2D eigenvalue weighted by Gasteiger charge is -2.22. The molecular formula is C19H26N4. The molecule has 0 amide bonds. The Morgan fingerprint density at radius 1 is 1.00 bits per heavy atom. The fraction of sp³-hybridized carbons (Fsp3) is 0.474. The van der Waals surface area contributed by atoms with Gasteiger partial charge in [-0.2, -0.15) is 4.98 Å². The second-order valence-corrected chi connectivity index (χ2v) is 6.25. The second kappa shape index (κ2) is 7.95. The lowest BCUT2D eigenvalue weighted by molar-refractivity contribution is 0.726. The van der Waals surface area contributed by atoms with Crippen LogP contribution in [0.5, 0.6) is 0 Å². The van der Waals surface area contributed by atoms with Crippen molar-refractivity contribution in [1.29, 1.82) is 0 Å². The highest BCUT2D eigenvalue weighted by atomic mass is 15.2. The maximum absolute atomic E-state index is 4.73. The Balaban J connectivity index is 1.63. The fourth-order valence-electron chi connectivity index (χ4n) is 3.06. The summed E-state index contributed by atoms with van der Waals surface area (Å²) in [5.41, 5.74) is 2.36. The predicted molar refractivity (Wildman–Crippen MR) is 96.1 cm³/mol. The zero-order chi connectivity index (χ0) is 15.9. The van der Waals surface area contributed by atoms with Gasteiger partial charge in [0.15, 0.2) is 0 Å². The van der Waals surface area contributed by atoms with Crippen LogP contribution in [0.1, 0.15) is 36.9 Å². The van der Waals surface area contributed by atoms with Crippen molar-refractivity contribution < 1.29 is 0 Å². The van der Waals surface area contributed by atoms with Crippen LogP contribution in [-0.4, -0.2) is 29.6 Å². The second-order valence-electron chi connectivity index (χ2n) is 6.25. The van der Waals surface area contributed by atoms with Crippen molar-refractivity contribution >= 4 is 11.8 Å². The summed E-state index contributed by atoms with van der Waals surface area (Å²) >= 11 is 0. The van der Waals surface area contributed by atoms with Gasteiger partial charge in [0.05, 0.1) is 0 Å². The maximum atomic E-state index is 4.73. The lowest BCUT2D eigenvalue weighted by Crippen LogP contribution is -2.25. The summed E-state index contributed by atoms with van der Waals surface area (Å²) in [5.74, 6) is 1.82. The molecule has 1 aromatic carbocycles. The number of hydrogen-bond acceptors (Lipinski definition) is 4. The van der Waals surface area contributed by atoms with E-state index in [9.17, 15) is 0 Å².